The maximum absolute atomic E-state index is 10.3. The lowest BCUT2D eigenvalue weighted by atomic mass is 10.1. The van der Waals surface area contributed by atoms with E-state index < -0.39 is 30.7 Å². The van der Waals surface area contributed by atoms with Crippen molar-refractivity contribution in [2.75, 3.05) is 6.61 Å². The highest BCUT2D eigenvalue weighted by atomic mass is 16.4. The number of aliphatic hydroxyl groups is 4. The fourth-order valence-electron chi connectivity index (χ4n) is 0.509. The molecule has 0 rings (SSSR count). The minimum absolute atomic E-state index is 0.717. The summed E-state index contributed by atoms with van der Waals surface area (Å²) in [5.41, 5.74) is 0. The van der Waals surface area contributed by atoms with Crippen molar-refractivity contribution < 1.29 is 25.2 Å². The van der Waals surface area contributed by atoms with Gasteiger partial charge in [0, 0.05) is 6.92 Å². The van der Waals surface area contributed by atoms with Crippen LogP contribution in [0.4, 0.5) is 0 Å². The predicted molar refractivity (Wildman–Crippen MR) is 35.5 cm³/mol. The van der Waals surface area contributed by atoms with Gasteiger partial charge in [0.15, 0.2) is 5.78 Å². The minimum atomic E-state index is -1.74. The van der Waals surface area contributed by atoms with Crippen LogP contribution in [-0.2, 0) is 4.79 Å². The molecular weight excluding hydrogens is 152 g/mol. The summed E-state index contributed by atoms with van der Waals surface area (Å²) in [6.07, 6.45) is -4.93. The molecule has 5 heteroatoms. The van der Waals surface area contributed by atoms with Crippen LogP contribution in [0.1, 0.15) is 0 Å². The molecule has 0 heterocycles. The van der Waals surface area contributed by atoms with E-state index in [0.29, 0.717) is 0 Å². The van der Waals surface area contributed by atoms with Crippen LogP contribution in [0.5, 0.6) is 0 Å². The number of aliphatic hydroxyl groups excluding tert-OH is 4. The van der Waals surface area contributed by atoms with E-state index in [0.717, 1.165) is 0 Å². The second kappa shape index (κ2) is 4.40. The number of carbonyl (C=O) groups excluding carboxylic acids is 1. The molecule has 0 bridgehead atoms. The number of carbonyl (C=O) groups is 1. The average Bonchev–Trinajstić information content (AvgIpc) is 2.00. The molecule has 11 heavy (non-hydrogen) atoms. The third-order valence-electron chi connectivity index (χ3n) is 1.23. The van der Waals surface area contributed by atoms with Gasteiger partial charge in [-0.1, -0.05) is 0 Å². The lowest BCUT2D eigenvalue weighted by Crippen LogP contribution is -2.43. The van der Waals surface area contributed by atoms with Crippen molar-refractivity contribution in [3.8, 4) is 0 Å². The van der Waals surface area contributed by atoms with Crippen molar-refractivity contribution in [1.82, 2.24) is 0 Å². The van der Waals surface area contributed by atoms with Gasteiger partial charge < -0.3 is 20.4 Å². The van der Waals surface area contributed by atoms with Gasteiger partial charge >= 0.3 is 0 Å². The Morgan fingerprint density at radius 3 is 2.09 bits per heavy atom. The van der Waals surface area contributed by atoms with Crippen molar-refractivity contribution in [2.24, 2.45) is 0 Å². The zero-order valence-corrected chi connectivity index (χ0v) is 5.84. The van der Waals surface area contributed by atoms with Crippen LogP contribution in [0.2, 0.25) is 0 Å². The number of hydrogen-bond donors (Lipinski definition) is 4. The second-order valence-corrected chi connectivity index (χ2v) is 2.15. The van der Waals surface area contributed by atoms with Crippen molar-refractivity contribution >= 4 is 5.78 Å². The summed E-state index contributed by atoms with van der Waals surface area (Å²) < 4.78 is 0. The summed E-state index contributed by atoms with van der Waals surface area (Å²) in [4.78, 5) is 10.3. The van der Waals surface area contributed by atoms with E-state index >= 15 is 0 Å². The van der Waals surface area contributed by atoms with Gasteiger partial charge in [-0.05, 0) is 0 Å². The van der Waals surface area contributed by atoms with E-state index in [1.54, 1.807) is 0 Å². The van der Waals surface area contributed by atoms with E-state index in [1.165, 1.54) is 0 Å². The van der Waals surface area contributed by atoms with Gasteiger partial charge in [-0.2, -0.15) is 0 Å². The van der Waals surface area contributed by atoms with Crippen molar-refractivity contribution in [3.05, 3.63) is 6.92 Å². The predicted octanol–water partition coefficient (Wildman–Crippen LogP) is -2.54. The van der Waals surface area contributed by atoms with Gasteiger partial charge in [0.05, 0.1) is 6.61 Å². The van der Waals surface area contributed by atoms with Gasteiger partial charge in [-0.3, -0.25) is 4.79 Å². The van der Waals surface area contributed by atoms with Gasteiger partial charge in [-0.15, -0.1) is 0 Å². The van der Waals surface area contributed by atoms with E-state index in [-0.39, 0.29) is 0 Å². The standard InChI is InChI=1S/C6H11O5/c1-3(8)5(10)6(11)4(9)2-7/h4-7,9-11H,1-2H2. The first-order valence-corrected chi connectivity index (χ1v) is 3.01. The molecule has 0 aliphatic carbocycles. The third-order valence-corrected chi connectivity index (χ3v) is 1.23. The molecule has 0 aromatic carbocycles. The highest BCUT2D eigenvalue weighted by molar-refractivity contribution is 5.87. The molecule has 0 aromatic heterocycles. The van der Waals surface area contributed by atoms with Crippen LogP contribution in [0.15, 0.2) is 0 Å². The van der Waals surface area contributed by atoms with Gasteiger partial charge in [0.2, 0.25) is 0 Å². The molecule has 3 atom stereocenters. The van der Waals surface area contributed by atoms with Crippen molar-refractivity contribution in [3.63, 3.8) is 0 Å². The lowest BCUT2D eigenvalue weighted by Gasteiger charge is -2.18. The first-order valence-electron chi connectivity index (χ1n) is 3.01. The lowest BCUT2D eigenvalue weighted by molar-refractivity contribution is -0.135. The molecule has 4 N–H and O–H groups in total. The fourth-order valence-corrected chi connectivity index (χ4v) is 0.509. The zero-order chi connectivity index (χ0) is 9.02. The van der Waals surface area contributed by atoms with E-state index in [9.17, 15) is 4.79 Å². The molecule has 3 unspecified atom stereocenters. The molecule has 0 saturated carbocycles. The zero-order valence-electron chi connectivity index (χ0n) is 5.84. The van der Waals surface area contributed by atoms with E-state index in [2.05, 4.69) is 6.92 Å². The van der Waals surface area contributed by atoms with Crippen LogP contribution in [0, 0.1) is 6.92 Å². The number of ketones is 1. The molecular formula is C6H11O5. The molecule has 0 saturated heterocycles. The van der Waals surface area contributed by atoms with Crippen LogP contribution >= 0.6 is 0 Å². The molecule has 65 valence electrons. The largest absolute Gasteiger partial charge is 0.394 e. The Morgan fingerprint density at radius 2 is 1.82 bits per heavy atom. The summed E-state index contributed by atoms with van der Waals surface area (Å²) in [6.45, 7) is 2.12. The van der Waals surface area contributed by atoms with E-state index in [1.807, 2.05) is 0 Å². The number of Topliss-reactive ketones (excluding diaryl/α,β-unsaturated/α-hetero) is 1. The first kappa shape index (κ1) is 10.5. The summed E-state index contributed by atoms with van der Waals surface area (Å²) in [5, 5.41) is 34.6. The Kier molecular flexibility index (Phi) is 4.20. The van der Waals surface area contributed by atoms with Crippen LogP contribution in [-0.4, -0.2) is 51.1 Å². The normalized spacial score (nSPS) is 19.0. The molecule has 0 spiro atoms. The molecule has 0 fully saturated rings. The number of hydrogen-bond acceptors (Lipinski definition) is 5. The molecule has 0 aliphatic rings. The first-order chi connectivity index (χ1) is 5.00. The van der Waals surface area contributed by atoms with E-state index in [4.69, 9.17) is 20.4 Å². The molecule has 5 nitrogen and oxygen atoms in total. The Morgan fingerprint density at radius 1 is 1.36 bits per heavy atom. The monoisotopic (exact) mass is 163 g/mol. The van der Waals surface area contributed by atoms with Gasteiger partial charge in [-0.25, -0.2) is 0 Å². The second-order valence-electron chi connectivity index (χ2n) is 2.15. The maximum atomic E-state index is 10.3. The van der Waals surface area contributed by atoms with Gasteiger partial charge in [0.25, 0.3) is 0 Å². The molecule has 1 radical (unpaired) electrons. The Balaban J connectivity index is 4.00. The molecule has 0 aliphatic heterocycles. The summed E-state index contributed by atoms with van der Waals surface area (Å²) in [7, 11) is 0. The Hall–Kier alpha value is -0.490. The minimum Gasteiger partial charge on any atom is -0.394 e. The summed E-state index contributed by atoms with van der Waals surface area (Å²) >= 11 is 0. The molecule has 0 aromatic rings. The summed E-state index contributed by atoms with van der Waals surface area (Å²) in [6, 6.07) is 0. The Labute approximate surface area is 63.9 Å². The highest BCUT2D eigenvalue weighted by Gasteiger charge is 2.26. The van der Waals surface area contributed by atoms with Crippen LogP contribution < -0.4 is 0 Å². The summed E-state index contributed by atoms with van der Waals surface area (Å²) in [5.74, 6) is -0.898. The maximum Gasteiger partial charge on any atom is 0.164 e. The SMILES string of the molecule is [CH2]C(=O)C(O)C(O)C(O)CO. The fraction of sp³-hybridized carbons (Fsp3) is 0.667. The third kappa shape index (κ3) is 2.94. The average molecular weight is 163 g/mol. The van der Waals surface area contributed by atoms with Crippen molar-refractivity contribution in [1.29, 1.82) is 0 Å². The van der Waals surface area contributed by atoms with Crippen LogP contribution in [0.25, 0.3) is 0 Å². The number of rotatable bonds is 4. The van der Waals surface area contributed by atoms with Crippen molar-refractivity contribution in [2.45, 2.75) is 18.3 Å². The van der Waals surface area contributed by atoms with Gasteiger partial charge in [0.1, 0.15) is 18.3 Å². The topological polar surface area (TPSA) is 98.0 Å². The van der Waals surface area contributed by atoms with Crippen LogP contribution in [0.3, 0.4) is 0 Å². The molecule has 0 amide bonds. The Bertz CT molecular complexity index is 135. The quantitative estimate of drug-likeness (QED) is 0.366. The smallest absolute Gasteiger partial charge is 0.164 e. The highest BCUT2D eigenvalue weighted by Crippen LogP contribution is 2.00.